The largest absolute Gasteiger partial charge is 0.392 e. The van der Waals surface area contributed by atoms with Crippen molar-refractivity contribution in [3.8, 4) is 0 Å². The molecule has 3 nitrogen and oxygen atoms in total. The molecule has 1 aliphatic carbocycles. The number of aliphatic hydroxyl groups excluding tert-OH is 1. The zero-order valence-corrected chi connectivity index (χ0v) is 8.62. The SMILES string of the molecule is CCC(O)CNC(COC)C1CC1. The maximum atomic E-state index is 9.37. The smallest absolute Gasteiger partial charge is 0.0662 e. The van der Waals surface area contributed by atoms with Gasteiger partial charge in [-0.15, -0.1) is 0 Å². The summed E-state index contributed by atoms with van der Waals surface area (Å²) in [5, 5.41) is 12.7. The van der Waals surface area contributed by atoms with Gasteiger partial charge in [-0.25, -0.2) is 0 Å². The van der Waals surface area contributed by atoms with Crippen LogP contribution in [-0.2, 0) is 4.74 Å². The maximum Gasteiger partial charge on any atom is 0.0662 e. The summed E-state index contributed by atoms with van der Waals surface area (Å²) in [5.74, 6) is 0.781. The topological polar surface area (TPSA) is 41.5 Å². The highest BCUT2D eigenvalue weighted by molar-refractivity contribution is 4.86. The predicted octanol–water partition coefficient (Wildman–Crippen LogP) is 0.772. The van der Waals surface area contributed by atoms with Crippen molar-refractivity contribution in [1.82, 2.24) is 5.32 Å². The van der Waals surface area contributed by atoms with Crippen LogP contribution < -0.4 is 5.32 Å². The molecule has 2 N–H and O–H groups in total. The van der Waals surface area contributed by atoms with Crippen molar-refractivity contribution >= 4 is 0 Å². The lowest BCUT2D eigenvalue weighted by molar-refractivity contribution is 0.130. The number of aliphatic hydroxyl groups is 1. The Hall–Kier alpha value is -0.120. The number of rotatable bonds is 7. The molecule has 0 amide bonds. The second kappa shape index (κ2) is 5.58. The minimum absolute atomic E-state index is 0.210. The van der Waals surface area contributed by atoms with Gasteiger partial charge >= 0.3 is 0 Å². The number of hydrogen-bond acceptors (Lipinski definition) is 3. The van der Waals surface area contributed by atoms with E-state index in [0.717, 1.165) is 18.9 Å². The zero-order chi connectivity index (χ0) is 9.68. The summed E-state index contributed by atoms with van der Waals surface area (Å²) in [4.78, 5) is 0. The van der Waals surface area contributed by atoms with Crippen molar-refractivity contribution in [2.75, 3.05) is 20.3 Å². The predicted molar refractivity (Wildman–Crippen MR) is 52.7 cm³/mol. The van der Waals surface area contributed by atoms with Crippen LogP contribution in [-0.4, -0.2) is 37.5 Å². The van der Waals surface area contributed by atoms with Gasteiger partial charge < -0.3 is 15.2 Å². The van der Waals surface area contributed by atoms with Crippen LogP contribution in [0.15, 0.2) is 0 Å². The highest BCUT2D eigenvalue weighted by Gasteiger charge is 2.30. The summed E-state index contributed by atoms with van der Waals surface area (Å²) in [7, 11) is 1.73. The average Bonchev–Trinajstić information content (AvgIpc) is 2.94. The molecule has 0 aromatic heterocycles. The van der Waals surface area contributed by atoms with E-state index in [9.17, 15) is 5.11 Å². The summed E-state index contributed by atoms with van der Waals surface area (Å²) in [5.41, 5.74) is 0. The van der Waals surface area contributed by atoms with Gasteiger partial charge in [-0.1, -0.05) is 6.92 Å². The van der Waals surface area contributed by atoms with Crippen LogP contribution in [0.5, 0.6) is 0 Å². The lowest BCUT2D eigenvalue weighted by Gasteiger charge is -2.19. The molecule has 0 saturated heterocycles. The van der Waals surface area contributed by atoms with E-state index in [1.807, 2.05) is 6.92 Å². The van der Waals surface area contributed by atoms with Crippen LogP contribution in [0.2, 0.25) is 0 Å². The summed E-state index contributed by atoms with van der Waals surface area (Å²) in [6.45, 7) is 3.46. The zero-order valence-electron chi connectivity index (χ0n) is 8.62. The molecular formula is C10H21NO2. The molecule has 0 bridgehead atoms. The van der Waals surface area contributed by atoms with Crippen molar-refractivity contribution in [1.29, 1.82) is 0 Å². The molecule has 0 spiro atoms. The summed E-state index contributed by atoms with van der Waals surface area (Å²) < 4.78 is 5.13. The fraction of sp³-hybridized carbons (Fsp3) is 1.00. The first-order valence-corrected chi connectivity index (χ1v) is 5.18. The van der Waals surface area contributed by atoms with Crippen LogP contribution >= 0.6 is 0 Å². The first-order valence-electron chi connectivity index (χ1n) is 5.18. The normalized spacial score (nSPS) is 21.5. The van der Waals surface area contributed by atoms with Crippen LogP contribution in [0, 0.1) is 5.92 Å². The van der Waals surface area contributed by atoms with E-state index in [4.69, 9.17) is 4.74 Å². The molecule has 2 atom stereocenters. The number of nitrogens with one attached hydrogen (secondary N) is 1. The van der Waals surface area contributed by atoms with Crippen molar-refractivity contribution in [3.05, 3.63) is 0 Å². The lowest BCUT2D eigenvalue weighted by Crippen LogP contribution is -2.39. The minimum atomic E-state index is -0.210. The third kappa shape index (κ3) is 4.07. The third-order valence-corrected chi connectivity index (χ3v) is 2.62. The molecule has 3 heteroatoms. The highest BCUT2D eigenvalue weighted by Crippen LogP contribution is 2.32. The van der Waals surface area contributed by atoms with Crippen LogP contribution in [0.25, 0.3) is 0 Å². The summed E-state index contributed by atoms with van der Waals surface area (Å²) in [6.07, 6.45) is 3.22. The minimum Gasteiger partial charge on any atom is -0.392 e. The highest BCUT2D eigenvalue weighted by atomic mass is 16.5. The molecule has 1 aliphatic rings. The van der Waals surface area contributed by atoms with E-state index in [-0.39, 0.29) is 6.10 Å². The molecule has 1 rings (SSSR count). The van der Waals surface area contributed by atoms with Gasteiger partial charge in [0.15, 0.2) is 0 Å². The fourth-order valence-corrected chi connectivity index (χ4v) is 1.47. The van der Waals surface area contributed by atoms with Gasteiger partial charge in [0, 0.05) is 19.7 Å². The Balaban J connectivity index is 2.14. The molecule has 0 aromatic carbocycles. The lowest BCUT2D eigenvalue weighted by atomic mass is 10.2. The van der Waals surface area contributed by atoms with Crippen LogP contribution in [0.4, 0.5) is 0 Å². The molecule has 0 aromatic rings. The van der Waals surface area contributed by atoms with E-state index in [2.05, 4.69) is 5.32 Å². The van der Waals surface area contributed by atoms with Crippen molar-refractivity contribution in [2.24, 2.45) is 5.92 Å². The van der Waals surface area contributed by atoms with Crippen molar-refractivity contribution in [3.63, 3.8) is 0 Å². The molecule has 2 unspecified atom stereocenters. The fourth-order valence-electron chi connectivity index (χ4n) is 1.47. The van der Waals surface area contributed by atoms with E-state index in [1.165, 1.54) is 12.8 Å². The Bertz CT molecular complexity index is 137. The molecule has 1 saturated carbocycles. The molecule has 78 valence electrons. The first kappa shape index (κ1) is 11.0. The quantitative estimate of drug-likeness (QED) is 0.618. The van der Waals surface area contributed by atoms with Gasteiger partial charge in [0.2, 0.25) is 0 Å². The Kier molecular flexibility index (Phi) is 4.70. The number of ether oxygens (including phenoxy) is 1. The van der Waals surface area contributed by atoms with Crippen molar-refractivity contribution < 1.29 is 9.84 Å². The van der Waals surface area contributed by atoms with E-state index in [1.54, 1.807) is 7.11 Å². The average molecular weight is 187 g/mol. The van der Waals surface area contributed by atoms with E-state index in [0.29, 0.717) is 12.6 Å². The molecule has 1 fully saturated rings. The van der Waals surface area contributed by atoms with Gasteiger partial charge in [-0.2, -0.15) is 0 Å². The van der Waals surface area contributed by atoms with Gasteiger partial charge in [0.05, 0.1) is 12.7 Å². The molecule has 0 aliphatic heterocycles. The second-order valence-electron chi connectivity index (χ2n) is 3.87. The molecule has 0 radical (unpaired) electrons. The monoisotopic (exact) mass is 187 g/mol. The van der Waals surface area contributed by atoms with Gasteiger partial charge in [-0.3, -0.25) is 0 Å². The van der Waals surface area contributed by atoms with Crippen LogP contribution in [0.1, 0.15) is 26.2 Å². The number of hydrogen-bond donors (Lipinski definition) is 2. The Morgan fingerprint density at radius 2 is 2.23 bits per heavy atom. The van der Waals surface area contributed by atoms with E-state index >= 15 is 0 Å². The standard InChI is InChI=1S/C10H21NO2/c1-3-9(12)6-11-10(7-13-2)8-4-5-8/h8-12H,3-7H2,1-2H3. The second-order valence-corrected chi connectivity index (χ2v) is 3.87. The maximum absolute atomic E-state index is 9.37. The van der Waals surface area contributed by atoms with E-state index < -0.39 is 0 Å². The summed E-state index contributed by atoms with van der Waals surface area (Å²) in [6, 6.07) is 0.450. The van der Waals surface area contributed by atoms with Gasteiger partial charge in [-0.05, 0) is 25.2 Å². The van der Waals surface area contributed by atoms with Crippen LogP contribution in [0.3, 0.4) is 0 Å². The van der Waals surface area contributed by atoms with Gasteiger partial charge in [0.1, 0.15) is 0 Å². The van der Waals surface area contributed by atoms with Crippen molar-refractivity contribution in [2.45, 2.75) is 38.3 Å². The third-order valence-electron chi connectivity index (χ3n) is 2.62. The Morgan fingerprint density at radius 1 is 1.54 bits per heavy atom. The Labute approximate surface area is 80.5 Å². The molecule has 0 heterocycles. The molecular weight excluding hydrogens is 166 g/mol. The Morgan fingerprint density at radius 3 is 2.69 bits per heavy atom. The molecule has 13 heavy (non-hydrogen) atoms. The number of methoxy groups -OCH3 is 1. The first-order chi connectivity index (χ1) is 6.27. The summed E-state index contributed by atoms with van der Waals surface area (Å²) >= 11 is 0. The van der Waals surface area contributed by atoms with Gasteiger partial charge in [0.25, 0.3) is 0 Å².